The van der Waals surface area contributed by atoms with Gasteiger partial charge in [-0.05, 0) is 55.2 Å². The van der Waals surface area contributed by atoms with Crippen LogP contribution in [0.25, 0.3) is 0 Å². The fourth-order valence-corrected chi connectivity index (χ4v) is 3.52. The first kappa shape index (κ1) is 17.8. The molecule has 1 fully saturated rings. The highest BCUT2D eigenvalue weighted by Gasteiger charge is 2.26. The Hall–Kier alpha value is -2.04. The number of nitrogens with zero attached hydrogens (tertiary/aromatic N) is 1. The summed E-state index contributed by atoms with van der Waals surface area (Å²) in [5.41, 5.74) is 8.63. The summed E-state index contributed by atoms with van der Waals surface area (Å²) in [5.74, 6) is 1.80. The average Bonchev–Trinajstić information content (AvgIpc) is 2.65. The third kappa shape index (κ3) is 4.33. The Labute approximate surface area is 150 Å². The molecule has 0 bridgehead atoms. The van der Waals surface area contributed by atoms with Gasteiger partial charge < -0.3 is 15.2 Å². The summed E-state index contributed by atoms with van der Waals surface area (Å²) < 4.78 is 11.0. The Balaban J connectivity index is 1.93. The molecule has 1 atom stereocenters. The fourth-order valence-electron chi connectivity index (χ4n) is 3.52. The zero-order valence-electron chi connectivity index (χ0n) is 15.2. The molecule has 1 saturated heterocycles. The van der Waals surface area contributed by atoms with E-state index in [9.17, 15) is 0 Å². The van der Waals surface area contributed by atoms with Crippen LogP contribution in [-0.4, -0.2) is 37.7 Å². The van der Waals surface area contributed by atoms with Gasteiger partial charge in [-0.15, -0.1) is 0 Å². The van der Waals surface area contributed by atoms with E-state index in [1.54, 1.807) is 7.11 Å². The van der Waals surface area contributed by atoms with Gasteiger partial charge in [0.1, 0.15) is 11.5 Å². The van der Waals surface area contributed by atoms with E-state index < -0.39 is 0 Å². The smallest absolute Gasteiger partial charge is 0.119 e. The van der Waals surface area contributed by atoms with Gasteiger partial charge >= 0.3 is 0 Å². The summed E-state index contributed by atoms with van der Waals surface area (Å²) in [4.78, 5) is 2.52. The van der Waals surface area contributed by atoms with Gasteiger partial charge in [0.2, 0.25) is 0 Å². The second-order valence-electron chi connectivity index (χ2n) is 6.55. The van der Waals surface area contributed by atoms with E-state index in [2.05, 4.69) is 47.4 Å². The highest BCUT2D eigenvalue weighted by Crippen LogP contribution is 2.33. The monoisotopic (exact) mass is 340 g/mol. The normalized spacial score (nSPS) is 17.2. The third-order valence-electron chi connectivity index (χ3n) is 4.86. The van der Waals surface area contributed by atoms with Gasteiger partial charge in [-0.3, -0.25) is 4.90 Å². The van der Waals surface area contributed by atoms with Crippen LogP contribution in [-0.2, 0) is 0 Å². The van der Waals surface area contributed by atoms with Gasteiger partial charge in [-0.25, -0.2) is 0 Å². The molecular formula is C21H28N2O2. The van der Waals surface area contributed by atoms with Crippen LogP contribution in [0.15, 0.2) is 48.5 Å². The zero-order valence-corrected chi connectivity index (χ0v) is 15.2. The maximum Gasteiger partial charge on any atom is 0.119 e. The van der Waals surface area contributed by atoms with E-state index in [1.807, 2.05) is 13.0 Å². The molecule has 0 aliphatic carbocycles. The van der Waals surface area contributed by atoms with Gasteiger partial charge in [0.15, 0.2) is 0 Å². The molecule has 25 heavy (non-hydrogen) atoms. The van der Waals surface area contributed by atoms with Crippen molar-refractivity contribution in [2.24, 2.45) is 5.73 Å². The number of hydrogen-bond acceptors (Lipinski definition) is 4. The maximum atomic E-state index is 6.11. The summed E-state index contributed by atoms with van der Waals surface area (Å²) in [7, 11) is 1.71. The minimum atomic E-state index is 0.207. The van der Waals surface area contributed by atoms with Crippen LogP contribution in [0.3, 0.4) is 0 Å². The van der Waals surface area contributed by atoms with E-state index in [1.165, 1.54) is 11.1 Å². The Kier molecular flexibility index (Phi) is 5.95. The summed E-state index contributed by atoms with van der Waals surface area (Å²) in [6, 6.07) is 17.3. The van der Waals surface area contributed by atoms with Gasteiger partial charge in [-0.1, -0.05) is 24.3 Å². The Bertz CT molecular complexity index is 664. The lowest BCUT2D eigenvalue weighted by Crippen LogP contribution is -2.41. The second kappa shape index (κ2) is 8.37. The van der Waals surface area contributed by atoms with Crippen molar-refractivity contribution < 1.29 is 9.47 Å². The zero-order chi connectivity index (χ0) is 17.6. The van der Waals surface area contributed by atoms with E-state index in [4.69, 9.17) is 15.2 Å². The van der Waals surface area contributed by atoms with Gasteiger partial charge in [0.05, 0.1) is 19.8 Å². The minimum absolute atomic E-state index is 0.207. The van der Waals surface area contributed by atoms with Crippen LogP contribution < -0.4 is 15.2 Å². The standard InChI is InChI=1S/C21H28N2O2/c1-3-25-19-9-7-16(8-10-19)21(23-13-11-18(22)12-14-23)17-5-4-6-20(15-17)24-2/h4-10,15,18,21H,3,11-14,22H2,1-2H3. The van der Waals surface area contributed by atoms with E-state index in [-0.39, 0.29) is 6.04 Å². The number of hydrogen-bond donors (Lipinski definition) is 1. The van der Waals surface area contributed by atoms with Crippen LogP contribution in [0.1, 0.15) is 36.9 Å². The Morgan fingerprint density at radius 2 is 1.76 bits per heavy atom. The first-order chi connectivity index (χ1) is 12.2. The molecule has 2 aromatic rings. The van der Waals surface area contributed by atoms with Crippen LogP contribution in [0.4, 0.5) is 0 Å². The van der Waals surface area contributed by atoms with Crippen molar-refractivity contribution in [3.63, 3.8) is 0 Å². The van der Waals surface area contributed by atoms with Gasteiger partial charge in [-0.2, -0.15) is 0 Å². The number of methoxy groups -OCH3 is 1. The quantitative estimate of drug-likeness (QED) is 0.873. The van der Waals surface area contributed by atoms with Gasteiger partial charge in [0.25, 0.3) is 0 Å². The lowest BCUT2D eigenvalue weighted by molar-refractivity contribution is 0.174. The Morgan fingerprint density at radius 3 is 2.40 bits per heavy atom. The number of benzene rings is 2. The van der Waals surface area contributed by atoms with Crippen molar-refractivity contribution in [1.82, 2.24) is 4.90 Å². The number of rotatable bonds is 6. The Morgan fingerprint density at radius 1 is 1.04 bits per heavy atom. The molecular weight excluding hydrogens is 312 g/mol. The van der Waals surface area contributed by atoms with E-state index >= 15 is 0 Å². The predicted octanol–water partition coefficient (Wildman–Crippen LogP) is 3.61. The predicted molar refractivity (Wildman–Crippen MR) is 101 cm³/mol. The molecule has 1 aliphatic rings. The molecule has 134 valence electrons. The molecule has 0 aromatic heterocycles. The molecule has 0 amide bonds. The van der Waals surface area contributed by atoms with Crippen LogP contribution in [0.2, 0.25) is 0 Å². The van der Waals surface area contributed by atoms with Crippen molar-refractivity contribution >= 4 is 0 Å². The molecule has 3 rings (SSSR count). The first-order valence-electron chi connectivity index (χ1n) is 9.07. The molecule has 2 N–H and O–H groups in total. The first-order valence-corrected chi connectivity index (χ1v) is 9.07. The molecule has 0 saturated carbocycles. The van der Waals surface area contributed by atoms with Gasteiger partial charge in [0, 0.05) is 19.1 Å². The minimum Gasteiger partial charge on any atom is -0.497 e. The highest BCUT2D eigenvalue weighted by atomic mass is 16.5. The molecule has 0 spiro atoms. The lowest BCUT2D eigenvalue weighted by Gasteiger charge is -2.37. The molecule has 2 aromatic carbocycles. The molecule has 1 aliphatic heterocycles. The van der Waals surface area contributed by atoms with Crippen molar-refractivity contribution in [2.45, 2.75) is 31.8 Å². The van der Waals surface area contributed by atoms with Crippen LogP contribution >= 0.6 is 0 Å². The van der Waals surface area contributed by atoms with Crippen LogP contribution in [0.5, 0.6) is 11.5 Å². The molecule has 1 unspecified atom stereocenters. The van der Waals surface area contributed by atoms with Crippen molar-refractivity contribution in [3.8, 4) is 11.5 Å². The molecule has 4 nitrogen and oxygen atoms in total. The maximum absolute atomic E-state index is 6.11. The second-order valence-corrected chi connectivity index (χ2v) is 6.55. The van der Waals surface area contributed by atoms with Crippen LogP contribution in [0, 0.1) is 0 Å². The highest BCUT2D eigenvalue weighted by molar-refractivity contribution is 5.39. The fraction of sp³-hybridized carbons (Fsp3) is 0.429. The number of nitrogens with two attached hydrogens (primary N) is 1. The van der Waals surface area contributed by atoms with E-state index in [0.29, 0.717) is 12.6 Å². The topological polar surface area (TPSA) is 47.7 Å². The molecule has 0 radical (unpaired) electrons. The summed E-state index contributed by atoms with van der Waals surface area (Å²) in [6.45, 7) is 4.71. The number of ether oxygens (including phenoxy) is 2. The summed E-state index contributed by atoms with van der Waals surface area (Å²) in [6.07, 6.45) is 2.08. The van der Waals surface area contributed by atoms with Crippen molar-refractivity contribution in [1.29, 1.82) is 0 Å². The lowest BCUT2D eigenvalue weighted by atomic mass is 9.94. The van der Waals surface area contributed by atoms with E-state index in [0.717, 1.165) is 37.4 Å². The number of piperidine rings is 1. The summed E-state index contributed by atoms with van der Waals surface area (Å²) >= 11 is 0. The largest absolute Gasteiger partial charge is 0.497 e. The number of likely N-dealkylation sites (tertiary alicyclic amines) is 1. The summed E-state index contributed by atoms with van der Waals surface area (Å²) in [5, 5.41) is 0. The van der Waals surface area contributed by atoms with Crippen molar-refractivity contribution in [3.05, 3.63) is 59.7 Å². The third-order valence-corrected chi connectivity index (χ3v) is 4.86. The molecule has 4 heteroatoms. The average molecular weight is 340 g/mol. The SMILES string of the molecule is CCOc1ccc(C(c2cccc(OC)c2)N2CCC(N)CC2)cc1. The molecule has 1 heterocycles. The van der Waals surface area contributed by atoms with Crippen molar-refractivity contribution in [2.75, 3.05) is 26.8 Å².